The molecule has 2 N–H and O–H groups in total. The summed E-state index contributed by atoms with van der Waals surface area (Å²) in [7, 11) is 0. The molecule has 4 heteroatoms. The molecule has 0 amide bonds. The van der Waals surface area contributed by atoms with E-state index >= 15 is 0 Å². The highest BCUT2D eigenvalue weighted by Gasteiger charge is 2.33. The Balaban J connectivity index is 2.24. The summed E-state index contributed by atoms with van der Waals surface area (Å²) in [5.41, 5.74) is 6.89. The van der Waals surface area contributed by atoms with Crippen LogP contribution in [0.15, 0.2) is 18.2 Å². The summed E-state index contributed by atoms with van der Waals surface area (Å²) in [4.78, 5) is 0. The second-order valence-electron chi connectivity index (χ2n) is 4.46. The van der Waals surface area contributed by atoms with E-state index in [0.29, 0.717) is 10.6 Å². The summed E-state index contributed by atoms with van der Waals surface area (Å²) in [6.07, 6.45) is 1.99. The van der Waals surface area contributed by atoms with Crippen molar-refractivity contribution in [2.75, 3.05) is 6.61 Å². The van der Waals surface area contributed by atoms with Crippen molar-refractivity contribution >= 4 is 11.6 Å². The molecule has 1 aromatic carbocycles. The van der Waals surface area contributed by atoms with Gasteiger partial charge in [0, 0.05) is 23.6 Å². The molecule has 1 heterocycles. The highest BCUT2D eigenvalue weighted by atomic mass is 35.5. The Morgan fingerprint density at radius 1 is 1.59 bits per heavy atom. The van der Waals surface area contributed by atoms with Gasteiger partial charge >= 0.3 is 0 Å². The van der Waals surface area contributed by atoms with E-state index in [2.05, 4.69) is 6.92 Å². The molecule has 1 aromatic rings. The molecule has 3 atom stereocenters. The maximum atomic E-state index is 13.2. The molecule has 0 aromatic heterocycles. The maximum Gasteiger partial charge on any atom is 0.123 e. The number of hydrogen-bond acceptors (Lipinski definition) is 2. The van der Waals surface area contributed by atoms with Gasteiger partial charge in [-0.05, 0) is 36.6 Å². The fourth-order valence-electron chi connectivity index (χ4n) is 2.50. The fourth-order valence-corrected chi connectivity index (χ4v) is 2.74. The van der Waals surface area contributed by atoms with Crippen molar-refractivity contribution in [1.29, 1.82) is 0 Å². The fraction of sp³-hybridized carbons (Fsp3) is 0.538. The molecule has 1 aliphatic heterocycles. The van der Waals surface area contributed by atoms with Crippen LogP contribution >= 0.6 is 11.6 Å². The highest BCUT2D eigenvalue weighted by molar-refractivity contribution is 6.31. The van der Waals surface area contributed by atoms with Crippen molar-refractivity contribution in [3.05, 3.63) is 34.6 Å². The van der Waals surface area contributed by atoms with Gasteiger partial charge in [0.15, 0.2) is 0 Å². The number of benzene rings is 1. The quantitative estimate of drug-likeness (QED) is 0.902. The second kappa shape index (κ2) is 5.34. The molecule has 2 rings (SSSR count). The summed E-state index contributed by atoms with van der Waals surface area (Å²) >= 11 is 6.07. The molecule has 0 saturated carbocycles. The SMILES string of the molecule is CCC1OCCC1C(N)c1cc(F)ccc1Cl. The van der Waals surface area contributed by atoms with Gasteiger partial charge in [-0.25, -0.2) is 4.39 Å². The third-order valence-corrected chi connectivity index (χ3v) is 3.79. The Labute approximate surface area is 106 Å². The lowest BCUT2D eigenvalue weighted by Crippen LogP contribution is -2.28. The van der Waals surface area contributed by atoms with Crippen LogP contribution in [0, 0.1) is 11.7 Å². The van der Waals surface area contributed by atoms with E-state index < -0.39 is 0 Å². The Morgan fingerprint density at radius 2 is 2.35 bits per heavy atom. The van der Waals surface area contributed by atoms with Crippen LogP contribution < -0.4 is 5.73 Å². The van der Waals surface area contributed by atoms with Gasteiger partial charge < -0.3 is 10.5 Å². The lowest BCUT2D eigenvalue weighted by Gasteiger charge is -2.24. The molecule has 0 aliphatic carbocycles. The zero-order valence-corrected chi connectivity index (χ0v) is 10.6. The van der Waals surface area contributed by atoms with Crippen LogP contribution in [-0.2, 0) is 4.74 Å². The van der Waals surface area contributed by atoms with Crippen LogP contribution in [0.2, 0.25) is 5.02 Å². The maximum absolute atomic E-state index is 13.2. The minimum atomic E-state index is -0.299. The van der Waals surface area contributed by atoms with Crippen molar-refractivity contribution in [2.24, 2.45) is 11.7 Å². The molecule has 2 nitrogen and oxygen atoms in total. The van der Waals surface area contributed by atoms with Gasteiger partial charge in [0.25, 0.3) is 0 Å². The molecule has 94 valence electrons. The van der Waals surface area contributed by atoms with Gasteiger partial charge in [0.1, 0.15) is 5.82 Å². The number of hydrogen-bond donors (Lipinski definition) is 1. The number of halogens is 2. The highest BCUT2D eigenvalue weighted by Crippen LogP contribution is 2.36. The third-order valence-electron chi connectivity index (χ3n) is 3.44. The molecule has 1 saturated heterocycles. The van der Waals surface area contributed by atoms with Crippen LogP contribution in [0.1, 0.15) is 31.4 Å². The lowest BCUT2D eigenvalue weighted by molar-refractivity contribution is 0.0813. The molecule has 0 bridgehead atoms. The summed E-state index contributed by atoms with van der Waals surface area (Å²) < 4.78 is 18.8. The van der Waals surface area contributed by atoms with Crippen LogP contribution in [0.3, 0.4) is 0 Å². The lowest BCUT2D eigenvalue weighted by atomic mass is 9.87. The van der Waals surface area contributed by atoms with Crippen LogP contribution in [0.5, 0.6) is 0 Å². The average Bonchev–Trinajstić information content (AvgIpc) is 2.79. The van der Waals surface area contributed by atoms with Crippen molar-refractivity contribution in [3.8, 4) is 0 Å². The second-order valence-corrected chi connectivity index (χ2v) is 4.87. The van der Waals surface area contributed by atoms with E-state index in [0.717, 1.165) is 19.4 Å². The minimum absolute atomic E-state index is 0.157. The Hall–Kier alpha value is -0.640. The van der Waals surface area contributed by atoms with E-state index in [1.54, 1.807) is 6.07 Å². The van der Waals surface area contributed by atoms with Crippen molar-refractivity contribution in [2.45, 2.75) is 31.9 Å². The third kappa shape index (κ3) is 2.62. The first kappa shape index (κ1) is 12.8. The Kier molecular flexibility index (Phi) is 4.02. The van der Waals surface area contributed by atoms with Crippen LogP contribution in [0.25, 0.3) is 0 Å². The monoisotopic (exact) mass is 257 g/mol. The van der Waals surface area contributed by atoms with Crippen LogP contribution in [-0.4, -0.2) is 12.7 Å². The van der Waals surface area contributed by atoms with Gasteiger partial charge in [0.2, 0.25) is 0 Å². The first-order valence-electron chi connectivity index (χ1n) is 5.95. The van der Waals surface area contributed by atoms with Gasteiger partial charge in [0.05, 0.1) is 6.10 Å². The summed E-state index contributed by atoms with van der Waals surface area (Å²) in [5.74, 6) is -0.0777. The van der Waals surface area contributed by atoms with Gasteiger partial charge in [-0.3, -0.25) is 0 Å². The van der Waals surface area contributed by atoms with Crippen molar-refractivity contribution < 1.29 is 9.13 Å². The number of nitrogens with two attached hydrogens (primary N) is 1. The molecule has 1 fully saturated rings. The summed E-state index contributed by atoms with van der Waals surface area (Å²) in [6.45, 7) is 2.80. The van der Waals surface area contributed by atoms with Gasteiger partial charge in [-0.1, -0.05) is 18.5 Å². The minimum Gasteiger partial charge on any atom is -0.378 e. The average molecular weight is 258 g/mol. The smallest absolute Gasteiger partial charge is 0.123 e. The van der Waals surface area contributed by atoms with Crippen molar-refractivity contribution in [3.63, 3.8) is 0 Å². The topological polar surface area (TPSA) is 35.2 Å². The zero-order chi connectivity index (χ0) is 12.4. The molecule has 3 unspecified atom stereocenters. The van der Waals surface area contributed by atoms with Gasteiger partial charge in [-0.2, -0.15) is 0 Å². The number of rotatable bonds is 3. The molecule has 0 radical (unpaired) electrons. The molecule has 0 spiro atoms. The van der Waals surface area contributed by atoms with E-state index in [4.69, 9.17) is 22.1 Å². The predicted octanol–water partition coefficient (Wildman–Crippen LogP) is 3.29. The molecule has 17 heavy (non-hydrogen) atoms. The van der Waals surface area contributed by atoms with Crippen molar-refractivity contribution in [1.82, 2.24) is 0 Å². The molecule has 1 aliphatic rings. The summed E-state index contributed by atoms with van der Waals surface area (Å²) in [6, 6.07) is 4.08. The Bertz CT molecular complexity index is 399. The van der Waals surface area contributed by atoms with Gasteiger partial charge in [-0.15, -0.1) is 0 Å². The Morgan fingerprint density at radius 3 is 3.06 bits per heavy atom. The standard InChI is InChI=1S/C13H17ClFNO/c1-2-12-9(5-6-17-12)13(16)10-7-8(15)3-4-11(10)14/h3-4,7,9,12-13H,2,5-6,16H2,1H3. The summed E-state index contributed by atoms with van der Waals surface area (Å²) in [5, 5.41) is 0.528. The molecular formula is C13H17ClFNO. The number of ether oxygens (including phenoxy) is 1. The van der Waals surface area contributed by atoms with E-state index in [9.17, 15) is 4.39 Å². The predicted molar refractivity (Wildman–Crippen MR) is 66.5 cm³/mol. The van der Waals surface area contributed by atoms with E-state index in [1.165, 1.54) is 12.1 Å². The zero-order valence-electron chi connectivity index (χ0n) is 9.83. The van der Waals surface area contributed by atoms with E-state index in [-0.39, 0.29) is 23.9 Å². The normalized spacial score (nSPS) is 26.1. The first-order chi connectivity index (χ1) is 8.13. The molecular weight excluding hydrogens is 241 g/mol. The first-order valence-corrected chi connectivity index (χ1v) is 6.33. The van der Waals surface area contributed by atoms with E-state index in [1.807, 2.05) is 0 Å². The largest absolute Gasteiger partial charge is 0.378 e. The van der Waals surface area contributed by atoms with Crippen LogP contribution in [0.4, 0.5) is 4.39 Å².